The Labute approximate surface area is 62.3 Å². The number of hydrogen-bond donors (Lipinski definition) is 3. The minimum Gasteiger partial charge on any atom is -0.504 e. The molecule has 0 saturated carbocycles. The molecule has 0 spiro atoms. The zero-order valence-electron chi connectivity index (χ0n) is 5.40. The fraction of sp³-hybridized carbons (Fsp3) is 0. The molecule has 1 rings (SSSR count). The first-order valence-electron chi connectivity index (χ1n) is 2.79. The number of phenols is 2. The summed E-state index contributed by atoms with van der Waals surface area (Å²) >= 11 is 0. The predicted molar refractivity (Wildman–Crippen MR) is 35.6 cm³/mol. The first-order valence-corrected chi connectivity index (χ1v) is 2.79. The van der Waals surface area contributed by atoms with E-state index in [-0.39, 0.29) is 5.56 Å². The molecule has 0 fully saturated rings. The van der Waals surface area contributed by atoms with Crippen LogP contribution in [-0.4, -0.2) is 21.3 Å². The summed E-state index contributed by atoms with van der Waals surface area (Å²) in [6, 6.07) is 4.61. The number of carboxylic acid groups (broad SMARTS) is 1. The highest BCUT2D eigenvalue weighted by Gasteiger charge is 2.11. The van der Waals surface area contributed by atoms with E-state index < -0.39 is 17.5 Å². The van der Waals surface area contributed by atoms with Crippen molar-refractivity contribution in [2.75, 3.05) is 0 Å². The molecule has 0 amide bonds. The van der Waals surface area contributed by atoms with Crippen molar-refractivity contribution < 1.29 is 20.1 Å². The molecular formula is C7H5O4. The Kier molecular flexibility index (Phi) is 1.68. The van der Waals surface area contributed by atoms with Crippen LogP contribution < -0.4 is 0 Å². The summed E-state index contributed by atoms with van der Waals surface area (Å²) in [5.41, 5.74) is -0.332. The maximum Gasteiger partial charge on any atom is 0.339 e. The van der Waals surface area contributed by atoms with Gasteiger partial charge in [0.25, 0.3) is 0 Å². The van der Waals surface area contributed by atoms with Crippen LogP contribution in [0.25, 0.3) is 0 Å². The van der Waals surface area contributed by atoms with Crippen LogP contribution in [0.5, 0.6) is 11.5 Å². The molecule has 0 unspecified atom stereocenters. The van der Waals surface area contributed by atoms with Gasteiger partial charge in [0.1, 0.15) is 5.56 Å². The largest absolute Gasteiger partial charge is 0.504 e. The van der Waals surface area contributed by atoms with Crippen molar-refractivity contribution in [3.8, 4) is 11.5 Å². The van der Waals surface area contributed by atoms with Crippen molar-refractivity contribution >= 4 is 5.97 Å². The van der Waals surface area contributed by atoms with Gasteiger partial charge in [-0.15, -0.1) is 0 Å². The van der Waals surface area contributed by atoms with Crippen molar-refractivity contribution in [2.24, 2.45) is 0 Å². The Morgan fingerprint density at radius 1 is 1.45 bits per heavy atom. The van der Waals surface area contributed by atoms with Gasteiger partial charge in [-0.05, 0) is 12.1 Å². The molecular weight excluding hydrogens is 148 g/mol. The number of phenolic OH excluding ortho intramolecular Hbond substituents is 1. The number of aromatic hydroxyl groups is 2. The monoisotopic (exact) mass is 153 g/mol. The van der Waals surface area contributed by atoms with Crippen LogP contribution in [0.3, 0.4) is 0 Å². The average molecular weight is 153 g/mol. The predicted octanol–water partition coefficient (Wildman–Crippen LogP) is 0.596. The van der Waals surface area contributed by atoms with E-state index in [0.717, 1.165) is 6.07 Å². The molecule has 0 atom stereocenters. The van der Waals surface area contributed by atoms with E-state index in [1.165, 1.54) is 6.07 Å². The molecule has 1 radical (unpaired) electrons. The van der Waals surface area contributed by atoms with Crippen LogP contribution in [-0.2, 0) is 0 Å². The molecule has 3 N–H and O–H groups in total. The van der Waals surface area contributed by atoms with E-state index in [1.807, 2.05) is 0 Å². The first kappa shape index (κ1) is 7.40. The normalized spacial score (nSPS) is 9.45. The van der Waals surface area contributed by atoms with E-state index in [2.05, 4.69) is 6.07 Å². The summed E-state index contributed by atoms with van der Waals surface area (Å²) in [7, 11) is 0. The van der Waals surface area contributed by atoms with Crippen LogP contribution >= 0.6 is 0 Å². The van der Waals surface area contributed by atoms with Gasteiger partial charge in [0.2, 0.25) is 0 Å². The number of benzene rings is 1. The lowest BCUT2D eigenvalue weighted by Crippen LogP contribution is -1.95. The number of aromatic carboxylic acids is 1. The summed E-state index contributed by atoms with van der Waals surface area (Å²) in [4.78, 5) is 10.3. The van der Waals surface area contributed by atoms with Crippen molar-refractivity contribution in [1.29, 1.82) is 0 Å². The van der Waals surface area contributed by atoms with Gasteiger partial charge in [-0.1, -0.05) is 0 Å². The standard InChI is InChI=1S/C7H5O4/c8-5-3-1-2-4(6(5)9)7(10)11/h1-2,8-9H,(H,10,11). The lowest BCUT2D eigenvalue weighted by molar-refractivity contribution is 0.0693. The summed E-state index contributed by atoms with van der Waals surface area (Å²) in [5, 5.41) is 26.1. The molecule has 11 heavy (non-hydrogen) atoms. The van der Waals surface area contributed by atoms with Crippen LogP contribution in [0.2, 0.25) is 0 Å². The number of carboxylic acids is 1. The number of hydrogen-bond acceptors (Lipinski definition) is 3. The van der Waals surface area contributed by atoms with Gasteiger partial charge in [-0.25, -0.2) is 4.79 Å². The smallest absolute Gasteiger partial charge is 0.339 e. The second-order valence-electron chi connectivity index (χ2n) is 1.89. The second kappa shape index (κ2) is 2.49. The molecule has 57 valence electrons. The molecule has 4 heteroatoms. The summed E-state index contributed by atoms with van der Waals surface area (Å²) in [5.74, 6) is -2.49. The number of carbonyl (C=O) groups is 1. The Bertz CT molecular complexity index is 292. The van der Waals surface area contributed by atoms with Gasteiger partial charge in [-0.2, -0.15) is 0 Å². The molecule has 0 aromatic heterocycles. The maximum atomic E-state index is 10.3. The average Bonchev–Trinajstić information content (AvgIpc) is 1.94. The van der Waals surface area contributed by atoms with Gasteiger partial charge in [0.05, 0.1) is 0 Å². The topological polar surface area (TPSA) is 77.8 Å². The molecule has 1 aromatic rings. The Hall–Kier alpha value is -1.71. The fourth-order valence-corrected chi connectivity index (χ4v) is 0.651. The van der Waals surface area contributed by atoms with Crippen LogP contribution in [0, 0.1) is 6.07 Å². The lowest BCUT2D eigenvalue weighted by Gasteiger charge is -1.98. The number of rotatable bonds is 1. The molecule has 0 saturated heterocycles. The quantitative estimate of drug-likeness (QED) is 0.516. The van der Waals surface area contributed by atoms with Crippen molar-refractivity contribution in [1.82, 2.24) is 0 Å². The van der Waals surface area contributed by atoms with Gasteiger partial charge < -0.3 is 15.3 Å². The van der Waals surface area contributed by atoms with Gasteiger partial charge in [0, 0.05) is 6.07 Å². The Morgan fingerprint density at radius 2 is 2.09 bits per heavy atom. The summed E-state index contributed by atoms with van der Waals surface area (Å²) < 4.78 is 0. The summed E-state index contributed by atoms with van der Waals surface area (Å²) in [6.07, 6.45) is 0. The highest BCUT2D eigenvalue weighted by molar-refractivity contribution is 5.91. The van der Waals surface area contributed by atoms with E-state index in [1.54, 1.807) is 0 Å². The van der Waals surface area contributed by atoms with E-state index >= 15 is 0 Å². The van der Waals surface area contributed by atoms with E-state index in [4.69, 9.17) is 15.3 Å². The SMILES string of the molecule is O=C(O)c1cc[c]c(O)c1O. The summed E-state index contributed by atoms with van der Waals surface area (Å²) in [6.45, 7) is 0. The third-order valence-corrected chi connectivity index (χ3v) is 1.18. The third kappa shape index (κ3) is 1.24. The van der Waals surface area contributed by atoms with Gasteiger partial charge in [-0.3, -0.25) is 0 Å². The third-order valence-electron chi connectivity index (χ3n) is 1.18. The minimum absolute atomic E-state index is 0.332. The molecule has 1 aromatic carbocycles. The first-order chi connectivity index (χ1) is 5.13. The second-order valence-corrected chi connectivity index (χ2v) is 1.89. The molecule has 0 bridgehead atoms. The van der Waals surface area contributed by atoms with Crippen LogP contribution in [0.15, 0.2) is 12.1 Å². The molecule has 0 heterocycles. The van der Waals surface area contributed by atoms with Crippen LogP contribution in [0.1, 0.15) is 10.4 Å². The highest BCUT2D eigenvalue weighted by atomic mass is 16.4. The minimum atomic E-state index is -1.29. The fourth-order valence-electron chi connectivity index (χ4n) is 0.651. The van der Waals surface area contributed by atoms with Crippen molar-refractivity contribution in [3.63, 3.8) is 0 Å². The van der Waals surface area contributed by atoms with Crippen molar-refractivity contribution in [2.45, 2.75) is 0 Å². The lowest BCUT2D eigenvalue weighted by atomic mass is 10.2. The zero-order chi connectivity index (χ0) is 8.43. The van der Waals surface area contributed by atoms with Crippen LogP contribution in [0.4, 0.5) is 0 Å². The maximum absolute atomic E-state index is 10.3. The van der Waals surface area contributed by atoms with Gasteiger partial charge >= 0.3 is 5.97 Å². The molecule has 0 aliphatic rings. The molecule has 4 nitrogen and oxygen atoms in total. The van der Waals surface area contributed by atoms with Gasteiger partial charge in [0.15, 0.2) is 11.5 Å². The van der Waals surface area contributed by atoms with Crippen molar-refractivity contribution in [3.05, 3.63) is 23.8 Å². The molecule has 0 aliphatic carbocycles. The van der Waals surface area contributed by atoms with E-state index in [9.17, 15) is 4.79 Å². The van der Waals surface area contributed by atoms with E-state index in [0.29, 0.717) is 0 Å². The highest BCUT2D eigenvalue weighted by Crippen LogP contribution is 2.27. The Morgan fingerprint density at radius 3 is 2.55 bits per heavy atom. The molecule has 0 aliphatic heterocycles. The zero-order valence-corrected chi connectivity index (χ0v) is 5.40. The Balaban J connectivity index is 3.27.